The second-order valence-electron chi connectivity index (χ2n) is 9.54. The molecule has 1 N–H and O–H groups in total. The lowest BCUT2D eigenvalue weighted by Gasteiger charge is -2.26. The van der Waals surface area contributed by atoms with Crippen LogP contribution < -0.4 is 25.2 Å². The molecule has 1 saturated heterocycles. The number of nitrogens with zero attached hydrogens (tertiary/aromatic N) is 4. The summed E-state index contributed by atoms with van der Waals surface area (Å²) in [5.74, 6) is -3.15. The number of nitrogens with one attached hydrogen (secondary N) is 1. The van der Waals surface area contributed by atoms with Crippen molar-refractivity contribution >= 4 is 23.3 Å². The molecule has 0 saturated carbocycles. The standard InChI is InChI=1S/C29H25F4N5O5/c1-36-26(24-19(30)14-18(42-2)15-20(24)31)25(35-27(40)16-9-11-17(12-10-16)43-29(32)33)28(41)38(36)22-7-5-6-21(34-22)37-13-4-3-8-23(37)39/h5-7,9-12,14-15,29H,3-4,8,13H2,1-2H3,(H,35,40). The molecular formula is C29H25F4N5O5. The van der Waals surface area contributed by atoms with Gasteiger partial charge in [0.15, 0.2) is 5.82 Å². The van der Waals surface area contributed by atoms with Crippen LogP contribution in [0.4, 0.5) is 29.1 Å². The zero-order chi connectivity index (χ0) is 30.8. The van der Waals surface area contributed by atoms with Crippen LogP contribution in [0.1, 0.15) is 29.6 Å². The van der Waals surface area contributed by atoms with Crippen molar-refractivity contribution in [2.75, 3.05) is 23.9 Å². The fraction of sp³-hybridized carbons (Fsp3) is 0.241. The highest BCUT2D eigenvalue weighted by Crippen LogP contribution is 2.34. The molecule has 0 radical (unpaired) electrons. The van der Waals surface area contributed by atoms with Crippen LogP contribution >= 0.6 is 0 Å². The summed E-state index contributed by atoms with van der Waals surface area (Å²) in [5.41, 5.74) is -2.37. The van der Waals surface area contributed by atoms with E-state index < -0.39 is 41.0 Å². The molecule has 2 aromatic heterocycles. The van der Waals surface area contributed by atoms with Crippen molar-refractivity contribution in [2.45, 2.75) is 25.9 Å². The summed E-state index contributed by atoms with van der Waals surface area (Å²) in [6, 6.07) is 11.1. The maximum Gasteiger partial charge on any atom is 0.387 e. The van der Waals surface area contributed by atoms with Gasteiger partial charge in [-0.2, -0.15) is 13.5 Å². The number of alkyl halides is 2. The van der Waals surface area contributed by atoms with Crippen LogP contribution in [0.3, 0.4) is 0 Å². The fourth-order valence-corrected chi connectivity index (χ4v) is 4.86. The van der Waals surface area contributed by atoms with Gasteiger partial charge in [0.05, 0.1) is 12.7 Å². The van der Waals surface area contributed by atoms with Gasteiger partial charge >= 0.3 is 6.61 Å². The maximum absolute atomic E-state index is 15.4. The molecule has 2 amide bonds. The summed E-state index contributed by atoms with van der Waals surface area (Å²) >= 11 is 0. The molecule has 1 aliphatic heterocycles. The summed E-state index contributed by atoms with van der Waals surface area (Å²) in [6.07, 6.45) is 1.87. The zero-order valence-corrected chi connectivity index (χ0v) is 22.9. The molecule has 5 rings (SSSR count). The normalized spacial score (nSPS) is 13.4. The first kappa shape index (κ1) is 29.4. The Kier molecular flexibility index (Phi) is 8.19. The fourth-order valence-electron chi connectivity index (χ4n) is 4.86. The van der Waals surface area contributed by atoms with Gasteiger partial charge in [0.2, 0.25) is 5.91 Å². The number of hydrogen-bond acceptors (Lipinski definition) is 6. The maximum atomic E-state index is 15.4. The average molecular weight is 600 g/mol. The van der Waals surface area contributed by atoms with Gasteiger partial charge in [-0.3, -0.25) is 24.0 Å². The molecule has 2 aromatic carbocycles. The van der Waals surface area contributed by atoms with Gasteiger partial charge in [-0.15, -0.1) is 0 Å². The van der Waals surface area contributed by atoms with Gasteiger partial charge in [0.25, 0.3) is 11.5 Å². The number of pyridine rings is 1. The lowest BCUT2D eigenvalue weighted by Crippen LogP contribution is -2.36. The van der Waals surface area contributed by atoms with Crippen molar-refractivity contribution in [3.63, 3.8) is 0 Å². The first-order valence-corrected chi connectivity index (χ1v) is 13.1. The minimum atomic E-state index is -3.07. The molecule has 1 fully saturated rings. The number of rotatable bonds is 8. The van der Waals surface area contributed by atoms with E-state index in [4.69, 9.17) is 4.74 Å². The van der Waals surface area contributed by atoms with Crippen molar-refractivity contribution in [2.24, 2.45) is 7.05 Å². The molecule has 0 aliphatic carbocycles. The van der Waals surface area contributed by atoms with E-state index in [1.54, 1.807) is 12.1 Å². The molecule has 3 heterocycles. The summed E-state index contributed by atoms with van der Waals surface area (Å²) in [5, 5.41) is 2.41. The van der Waals surface area contributed by atoms with Crippen LogP contribution in [0.5, 0.6) is 11.5 Å². The van der Waals surface area contributed by atoms with E-state index in [1.165, 1.54) is 37.3 Å². The molecule has 0 spiro atoms. The molecule has 4 aromatic rings. The van der Waals surface area contributed by atoms with E-state index in [0.717, 1.165) is 46.5 Å². The van der Waals surface area contributed by atoms with Crippen LogP contribution in [0, 0.1) is 11.6 Å². The Bertz CT molecular complexity index is 1730. The third-order valence-electron chi connectivity index (χ3n) is 6.87. The Morgan fingerprint density at radius 1 is 0.977 bits per heavy atom. The predicted molar refractivity (Wildman–Crippen MR) is 148 cm³/mol. The zero-order valence-electron chi connectivity index (χ0n) is 22.9. The van der Waals surface area contributed by atoms with Gasteiger partial charge in [-0.25, -0.2) is 13.8 Å². The topological polar surface area (TPSA) is 108 Å². The number of aromatic nitrogens is 3. The van der Waals surface area contributed by atoms with Crippen molar-refractivity contribution < 1.29 is 36.6 Å². The molecule has 14 heteroatoms. The average Bonchev–Trinajstić information content (AvgIpc) is 3.21. The number of ether oxygens (including phenoxy) is 2. The molecule has 10 nitrogen and oxygen atoms in total. The lowest BCUT2D eigenvalue weighted by molar-refractivity contribution is -0.119. The second kappa shape index (κ2) is 12.0. The van der Waals surface area contributed by atoms with Gasteiger partial charge in [-0.1, -0.05) is 6.07 Å². The number of carbonyl (C=O) groups excluding carboxylic acids is 2. The lowest BCUT2D eigenvalue weighted by atomic mass is 10.1. The summed E-state index contributed by atoms with van der Waals surface area (Å²) in [7, 11) is 2.58. The van der Waals surface area contributed by atoms with Gasteiger partial charge < -0.3 is 14.8 Å². The molecule has 224 valence electrons. The smallest absolute Gasteiger partial charge is 0.387 e. The third-order valence-corrected chi connectivity index (χ3v) is 6.87. The van der Waals surface area contributed by atoms with Crippen LogP contribution in [-0.4, -0.2) is 46.4 Å². The Morgan fingerprint density at radius 2 is 1.65 bits per heavy atom. The first-order valence-electron chi connectivity index (χ1n) is 13.1. The van der Waals surface area contributed by atoms with E-state index in [9.17, 15) is 23.2 Å². The highest BCUT2D eigenvalue weighted by atomic mass is 19.3. The van der Waals surface area contributed by atoms with E-state index in [1.807, 2.05) is 0 Å². The van der Waals surface area contributed by atoms with Crippen molar-refractivity contribution in [1.29, 1.82) is 0 Å². The Balaban J connectivity index is 1.64. The van der Waals surface area contributed by atoms with Crippen molar-refractivity contribution in [1.82, 2.24) is 14.3 Å². The minimum Gasteiger partial charge on any atom is -0.497 e. The monoisotopic (exact) mass is 599 g/mol. The van der Waals surface area contributed by atoms with Gasteiger partial charge in [0.1, 0.15) is 40.3 Å². The predicted octanol–water partition coefficient (Wildman–Crippen LogP) is 4.90. The molecule has 43 heavy (non-hydrogen) atoms. The van der Waals surface area contributed by atoms with Crippen LogP contribution in [0.25, 0.3) is 17.1 Å². The van der Waals surface area contributed by atoms with Crippen molar-refractivity contribution in [3.05, 3.63) is 82.1 Å². The number of amides is 2. The Labute approximate surface area is 242 Å². The number of carbonyl (C=O) groups is 2. The van der Waals surface area contributed by atoms with E-state index in [0.29, 0.717) is 13.0 Å². The highest BCUT2D eigenvalue weighted by molar-refractivity contribution is 6.06. The molecule has 0 unspecified atom stereocenters. The number of halogens is 4. The second-order valence-corrected chi connectivity index (χ2v) is 9.54. The minimum absolute atomic E-state index is 0.0213. The summed E-state index contributed by atoms with van der Waals surface area (Å²) in [4.78, 5) is 45.5. The molecule has 0 bridgehead atoms. The molecular weight excluding hydrogens is 574 g/mol. The SMILES string of the molecule is COc1cc(F)c(-c2c(NC(=O)c3ccc(OC(F)F)cc3)c(=O)n(-c3cccc(N4CCCCC4=O)n3)n2C)c(F)c1. The number of benzene rings is 2. The first-order chi connectivity index (χ1) is 20.6. The van der Waals surface area contributed by atoms with E-state index >= 15 is 8.78 Å². The number of methoxy groups -OCH3 is 1. The van der Waals surface area contributed by atoms with Crippen LogP contribution in [-0.2, 0) is 11.8 Å². The summed E-state index contributed by atoms with van der Waals surface area (Å²) in [6.45, 7) is -2.63. The molecule has 0 atom stereocenters. The number of anilines is 2. The Hall–Kier alpha value is -5.14. The summed E-state index contributed by atoms with van der Waals surface area (Å²) < 4.78 is 67.1. The van der Waals surface area contributed by atoms with Gasteiger partial charge in [0, 0.05) is 37.7 Å². The number of piperidine rings is 1. The largest absolute Gasteiger partial charge is 0.497 e. The molecule has 1 aliphatic rings. The number of hydrogen-bond donors (Lipinski definition) is 1. The van der Waals surface area contributed by atoms with E-state index in [2.05, 4.69) is 15.0 Å². The van der Waals surface area contributed by atoms with E-state index in [-0.39, 0.29) is 40.3 Å². The quantitative estimate of drug-likeness (QED) is 0.289. The van der Waals surface area contributed by atoms with Gasteiger partial charge in [-0.05, 0) is 49.2 Å². The van der Waals surface area contributed by atoms with Crippen molar-refractivity contribution in [3.8, 4) is 28.6 Å². The Morgan fingerprint density at radius 3 is 2.28 bits per heavy atom. The van der Waals surface area contributed by atoms with Crippen LogP contribution in [0.2, 0.25) is 0 Å². The van der Waals surface area contributed by atoms with Crippen LogP contribution in [0.15, 0.2) is 59.4 Å². The third kappa shape index (κ3) is 5.80. The highest BCUT2D eigenvalue weighted by Gasteiger charge is 2.29.